The highest BCUT2D eigenvalue weighted by molar-refractivity contribution is 7.89. The molecule has 1 amide bonds. The van der Waals surface area contributed by atoms with Crippen LogP contribution in [0, 0.1) is 12.7 Å². The Labute approximate surface area is 175 Å². The van der Waals surface area contributed by atoms with Gasteiger partial charge in [0.05, 0.1) is 11.4 Å². The minimum atomic E-state index is -3.84. The SMILES string of the molecule is Cc1cc(F)ccc1NC(=O)CN(C)S(=O)(=O)c1ccc2[nH]c3c(c2c1)CCCC3. The number of carbonyl (C=O) groups is 1. The number of benzene rings is 2. The van der Waals surface area contributed by atoms with Crippen molar-refractivity contribution < 1.29 is 17.6 Å². The monoisotopic (exact) mass is 429 g/mol. The number of anilines is 1. The van der Waals surface area contributed by atoms with Gasteiger partial charge in [0.15, 0.2) is 0 Å². The number of nitrogens with zero attached hydrogens (tertiary/aromatic N) is 1. The van der Waals surface area contributed by atoms with Crippen molar-refractivity contribution in [2.24, 2.45) is 0 Å². The molecule has 1 heterocycles. The Balaban J connectivity index is 1.54. The predicted octanol–water partition coefficient (Wildman–Crippen LogP) is 3.75. The lowest BCUT2D eigenvalue weighted by Gasteiger charge is -2.18. The second-order valence-corrected chi connectivity index (χ2v) is 9.81. The van der Waals surface area contributed by atoms with Gasteiger partial charge in [-0.15, -0.1) is 0 Å². The number of hydrogen-bond donors (Lipinski definition) is 2. The van der Waals surface area contributed by atoms with Crippen molar-refractivity contribution in [2.75, 3.05) is 18.9 Å². The van der Waals surface area contributed by atoms with Crippen LogP contribution in [0.4, 0.5) is 10.1 Å². The number of rotatable bonds is 5. The first-order valence-corrected chi connectivity index (χ1v) is 11.4. The van der Waals surface area contributed by atoms with Crippen LogP contribution in [0.25, 0.3) is 10.9 Å². The van der Waals surface area contributed by atoms with E-state index in [1.165, 1.54) is 36.5 Å². The van der Waals surface area contributed by atoms with Gasteiger partial charge >= 0.3 is 0 Å². The fourth-order valence-corrected chi connectivity index (χ4v) is 5.12. The highest BCUT2D eigenvalue weighted by atomic mass is 32.2. The standard InChI is InChI=1S/C22H24FN3O3S/c1-14-11-15(23)7-9-19(14)25-22(27)13-26(2)30(28,29)16-8-10-21-18(12-16)17-5-3-4-6-20(17)24-21/h7-12,24H,3-6,13H2,1-2H3,(H,25,27). The number of H-pyrrole nitrogens is 1. The van der Waals surface area contributed by atoms with Crippen molar-refractivity contribution in [3.05, 3.63) is 59.0 Å². The normalized spacial score (nSPS) is 14.1. The molecule has 0 atom stereocenters. The van der Waals surface area contributed by atoms with Gasteiger partial charge < -0.3 is 10.3 Å². The summed E-state index contributed by atoms with van der Waals surface area (Å²) in [4.78, 5) is 15.9. The van der Waals surface area contributed by atoms with E-state index in [0.29, 0.717) is 11.3 Å². The molecule has 2 N–H and O–H groups in total. The molecule has 0 spiro atoms. The van der Waals surface area contributed by atoms with E-state index in [0.717, 1.165) is 40.9 Å². The van der Waals surface area contributed by atoms with Gasteiger partial charge in [0, 0.05) is 29.3 Å². The Bertz CT molecular complexity index is 1230. The quantitative estimate of drug-likeness (QED) is 0.648. The molecule has 158 valence electrons. The maximum Gasteiger partial charge on any atom is 0.243 e. The summed E-state index contributed by atoms with van der Waals surface area (Å²) in [5.41, 5.74) is 4.34. The molecule has 4 rings (SSSR count). The van der Waals surface area contributed by atoms with E-state index in [1.54, 1.807) is 25.1 Å². The third-order valence-corrected chi connectivity index (χ3v) is 7.41. The predicted molar refractivity (Wildman–Crippen MR) is 115 cm³/mol. The summed E-state index contributed by atoms with van der Waals surface area (Å²) < 4.78 is 40.4. The Kier molecular flexibility index (Phi) is 5.38. The number of aromatic amines is 1. The van der Waals surface area contributed by atoms with Crippen LogP contribution in [0.3, 0.4) is 0 Å². The van der Waals surface area contributed by atoms with Crippen LogP contribution in [-0.4, -0.2) is 37.2 Å². The first-order valence-electron chi connectivity index (χ1n) is 9.91. The Hall–Kier alpha value is -2.71. The summed E-state index contributed by atoms with van der Waals surface area (Å²) in [6.07, 6.45) is 4.15. The molecule has 0 unspecified atom stereocenters. The minimum absolute atomic E-state index is 0.163. The fourth-order valence-electron chi connectivity index (χ4n) is 3.97. The molecule has 1 aliphatic rings. The van der Waals surface area contributed by atoms with Crippen molar-refractivity contribution in [1.82, 2.24) is 9.29 Å². The summed E-state index contributed by atoms with van der Waals surface area (Å²) in [5.74, 6) is -0.886. The second kappa shape index (κ2) is 7.85. The van der Waals surface area contributed by atoms with Gasteiger partial charge in [-0.3, -0.25) is 4.79 Å². The number of fused-ring (bicyclic) bond motifs is 3. The number of halogens is 1. The maximum atomic E-state index is 13.2. The summed E-state index contributed by atoms with van der Waals surface area (Å²) in [6, 6.07) is 9.07. The van der Waals surface area contributed by atoms with E-state index in [2.05, 4.69) is 10.3 Å². The van der Waals surface area contributed by atoms with Crippen molar-refractivity contribution in [2.45, 2.75) is 37.5 Å². The summed E-state index contributed by atoms with van der Waals surface area (Å²) in [7, 11) is -2.46. The zero-order valence-electron chi connectivity index (χ0n) is 17.0. The number of sulfonamides is 1. The second-order valence-electron chi connectivity index (χ2n) is 7.77. The highest BCUT2D eigenvalue weighted by Crippen LogP contribution is 2.31. The van der Waals surface area contributed by atoms with E-state index >= 15 is 0 Å². The number of aryl methyl sites for hydroxylation is 3. The first kappa shape index (κ1) is 20.6. The Morgan fingerprint density at radius 3 is 2.70 bits per heavy atom. The minimum Gasteiger partial charge on any atom is -0.358 e. The van der Waals surface area contributed by atoms with Gasteiger partial charge in [0.1, 0.15) is 5.82 Å². The zero-order valence-corrected chi connectivity index (χ0v) is 17.8. The number of hydrogen-bond acceptors (Lipinski definition) is 3. The van der Waals surface area contributed by atoms with Gasteiger partial charge in [-0.1, -0.05) is 0 Å². The molecule has 0 radical (unpaired) electrons. The molecule has 30 heavy (non-hydrogen) atoms. The average Bonchev–Trinajstić information content (AvgIpc) is 3.08. The van der Waals surface area contributed by atoms with Crippen molar-refractivity contribution in [3.8, 4) is 0 Å². The van der Waals surface area contributed by atoms with Crippen LogP contribution < -0.4 is 5.32 Å². The van der Waals surface area contributed by atoms with Crippen LogP contribution in [0.1, 0.15) is 29.7 Å². The summed E-state index contributed by atoms with van der Waals surface area (Å²) in [5, 5.41) is 3.58. The lowest BCUT2D eigenvalue weighted by molar-refractivity contribution is -0.116. The highest BCUT2D eigenvalue weighted by Gasteiger charge is 2.25. The topological polar surface area (TPSA) is 82.3 Å². The molecular weight excluding hydrogens is 405 g/mol. The largest absolute Gasteiger partial charge is 0.358 e. The number of aromatic nitrogens is 1. The van der Waals surface area contributed by atoms with E-state index in [9.17, 15) is 17.6 Å². The summed E-state index contributed by atoms with van der Waals surface area (Å²) in [6.45, 7) is 1.33. The molecule has 1 aromatic heterocycles. The van der Waals surface area contributed by atoms with Crippen LogP contribution in [0.15, 0.2) is 41.3 Å². The van der Waals surface area contributed by atoms with Crippen molar-refractivity contribution in [1.29, 1.82) is 0 Å². The van der Waals surface area contributed by atoms with Gasteiger partial charge in [-0.05, 0) is 80.1 Å². The van der Waals surface area contributed by atoms with Gasteiger partial charge in [-0.25, -0.2) is 12.8 Å². The third kappa shape index (κ3) is 3.85. The van der Waals surface area contributed by atoms with E-state index in [4.69, 9.17) is 0 Å². The molecule has 1 aliphatic carbocycles. The molecule has 3 aromatic rings. The Morgan fingerprint density at radius 1 is 1.17 bits per heavy atom. The van der Waals surface area contributed by atoms with Gasteiger partial charge in [0.2, 0.25) is 15.9 Å². The zero-order chi connectivity index (χ0) is 21.5. The number of nitrogens with one attached hydrogen (secondary N) is 2. The molecule has 8 heteroatoms. The molecular formula is C22H24FN3O3S. The molecule has 0 bridgehead atoms. The smallest absolute Gasteiger partial charge is 0.243 e. The molecule has 0 fully saturated rings. The molecule has 0 saturated heterocycles. The van der Waals surface area contributed by atoms with Crippen LogP contribution >= 0.6 is 0 Å². The van der Waals surface area contributed by atoms with E-state index in [1.807, 2.05) is 0 Å². The average molecular weight is 430 g/mol. The molecule has 0 aliphatic heterocycles. The van der Waals surface area contributed by atoms with Crippen LogP contribution in [-0.2, 0) is 27.7 Å². The number of likely N-dealkylation sites (N-methyl/N-ethyl adjacent to an activating group) is 1. The first-order chi connectivity index (χ1) is 14.3. The molecule has 6 nitrogen and oxygen atoms in total. The van der Waals surface area contributed by atoms with Crippen molar-refractivity contribution >= 4 is 32.5 Å². The van der Waals surface area contributed by atoms with E-state index in [-0.39, 0.29) is 11.4 Å². The summed E-state index contributed by atoms with van der Waals surface area (Å²) >= 11 is 0. The maximum absolute atomic E-state index is 13.2. The van der Waals surface area contributed by atoms with Crippen molar-refractivity contribution in [3.63, 3.8) is 0 Å². The van der Waals surface area contributed by atoms with Crippen LogP contribution in [0.2, 0.25) is 0 Å². The molecule has 2 aromatic carbocycles. The lowest BCUT2D eigenvalue weighted by Crippen LogP contribution is -2.35. The Morgan fingerprint density at radius 2 is 1.93 bits per heavy atom. The van der Waals surface area contributed by atoms with Crippen LogP contribution in [0.5, 0.6) is 0 Å². The van der Waals surface area contributed by atoms with Gasteiger partial charge in [-0.2, -0.15) is 4.31 Å². The number of amides is 1. The van der Waals surface area contributed by atoms with E-state index < -0.39 is 21.7 Å². The fraction of sp³-hybridized carbons (Fsp3) is 0.318. The number of carbonyl (C=O) groups excluding carboxylic acids is 1. The molecule has 0 saturated carbocycles. The van der Waals surface area contributed by atoms with Gasteiger partial charge in [0.25, 0.3) is 0 Å². The lowest BCUT2D eigenvalue weighted by atomic mass is 9.96. The third-order valence-electron chi connectivity index (χ3n) is 5.61.